The van der Waals surface area contributed by atoms with Crippen molar-refractivity contribution in [2.24, 2.45) is 11.1 Å². The molecule has 84 valence electrons. The number of carbonyl (C=O) groups is 1. The minimum atomic E-state index is -3.88. The topological polar surface area (TPSA) is 98.5 Å². The Kier molecular flexibility index (Phi) is 5.03. The lowest BCUT2D eigenvalue weighted by molar-refractivity contribution is -0.143. The minimum Gasteiger partial charge on any atom is -0.468 e. The third kappa shape index (κ3) is 4.54. The van der Waals surface area contributed by atoms with Crippen LogP contribution in [0.5, 0.6) is 0 Å². The van der Waals surface area contributed by atoms with Gasteiger partial charge in [-0.3, -0.25) is 4.79 Å². The summed E-state index contributed by atoms with van der Waals surface area (Å²) < 4.78 is 28.0. The molecule has 2 unspecified atom stereocenters. The van der Waals surface area contributed by atoms with Crippen molar-refractivity contribution in [2.75, 3.05) is 7.11 Å². The Morgan fingerprint density at radius 2 is 2.07 bits per heavy atom. The van der Waals surface area contributed by atoms with E-state index in [-0.39, 0.29) is 5.92 Å². The lowest BCUT2D eigenvalue weighted by Gasteiger charge is -2.20. The van der Waals surface area contributed by atoms with E-state index in [4.69, 9.17) is 5.14 Å². The van der Waals surface area contributed by atoms with Crippen LogP contribution in [0.2, 0.25) is 0 Å². The Hall–Kier alpha value is -0.660. The van der Waals surface area contributed by atoms with Gasteiger partial charge in [-0.05, 0) is 5.92 Å². The Bertz CT molecular complexity index is 288. The molecule has 2 atom stereocenters. The van der Waals surface area contributed by atoms with Crippen molar-refractivity contribution in [1.29, 1.82) is 0 Å². The van der Waals surface area contributed by atoms with E-state index in [0.717, 1.165) is 0 Å². The van der Waals surface area contributed by atoms with Crippen LogP contribution in [-0.4, -0.2) is 27.5 Å². The summed E-state index contributed by atoms with van der Waals surface area (Å²) in [6.45, 7) is 3.57. The molecule has 6 nitrogen and oxygen atoms in total. The zero-order valence-electron chi connectivity index (χ0n) is 8.48. The highest BCUT2D eigenvalue weighted by Gasteiger charge is 2.27. The van der Waals surface area contributed by atoms with Crippen molar-refractivity contribution in [3.05, 3.63) is 0 Å². The Morgan fingerprint density at radius 3 is 2.36 bits per heavy atom. The van der Waals surface area contributed by atoms with Gasteiger partial charge in [-0.15, -0.1) is 0 Å². The molecule has 0 aromatic carbocycles. The highest BCUT2D eigenvalue weighted by Crippen LogP contribution is 2.09. The van der Waals surface area contributed by atoms with Gasteiger partial charge in [0.1, 0.15) is 6.04 Å². The smallest absolute Gasteiger partial charge is 0.324 e. The van der Waals surface area contributed by atoms with Crippen molar-refractivity contribution >= 4 is 16.2 Å². The van der Waals surface area contributed by atoms with E-state index in [1.165, 1.54) is 7.11 Å². The van der Waals surface area contributed by atoms with Crippen LogP contribution < -0.4 is 9.86 Å². The summed E-state index contributed by atoms with van der Waals surface area (Å²) in [4.78, 5) is 11.2. The lowest BCUT2D eigenvalue weighted by atomic mass is 10.0. The molecule has 0 rings (SSSR count). The molecular formula is C7H16N2O4S. The van der Waals surface area contributed by atoms with Crippen molar-refractivity contribution in [3.8, 4) is 0 Å². The fourth-order valence-corrected chi connectivity index (χ4v) is 1.62. The SMILES string of the molecule is CCC(C)C(NS(N)(=O)=O)C(=O)OC. The van der Waals surface area contributed by atoms with Crippen LogP contribution in [0.3, 0.4) is 0 Å². The monoisotopic (exact) mass is 224 g/mol. The molecule has 0 aromatic rings. The second-order valence-corrected chi connectivity index (χ2v) is 4.37. The van der Waals surface area contributed by atoms with Crippen LogP contribution in [0.1, 0.15) is 20.3 Å². The third-order valence-electron chi connectivity index (χ3n) is 1.96. The number of rotatable bonds is 5. The number of ether oxygens (including phenoxy) is 1. The summed E-state index contributed by atoms with van der Waals surface area (Å²) in [7, 11) is -2.69. The summed E-state index contributed by atoms with van der Waals surface area (Å²) in [6.07, 6.45) is 0.641. The molecule has 0 aromatic heterocycles. The van der Waals surface area contributed by atoms with Crippen LogP contribution in [0.4, 0.5) is 0 Å². The van der Waals surface area contributed by atoms with Crippen molar-refractivity contribution in [1.82, 2.24) is 4.72 Å². The maximum Gasteiger partial charge on any atom is 0.324 e. The molecule has 0 heterocycles. The largest absolute Gasteiger partial charge is 0.468 e. The molecule has 0 spiro atoms. The first-order chi connectivity index (χ1) is 6.31. The van der Waals surface area contributed by atoms with Crippen molar-refractivity contribution in [3.63, 3.8) is 0 Å². The van der Waals surface area contributed by atoms with Gasteiger partial charge in [0.15, 0.2) is 0 Å². The standard InChI is InChI=1S/C7H16N2O4S/c1-4-5(2)6(7(10)13-3)9-14(8,11)12/h5-6,9H,4H2,1-3H3,(H2,8,11,12). The number of hydrogen-bond donors (Lipinski definition) is 2. The number of nitrogens with two attached hydrogens (primary N) is 1. The zero-order chi connectivity index (χ0) is 11.4. The highest BCUT2D eigenvalue weighted by atomic mass is 32.2. The Labute approximate surface area is 84.0 Å². The van der Waals surface area contributed by atoms with E-state index >= 15 is 0 Å². The van der Waals surface area contributed by atoms with Crippen LogP contribution >= 0.6 is 0 Å². The van der Waals surface area contributed by atoms with Crippen LogP contribution in [0.15, 0.2) is 0 Å². The molecule has 0 bridgehead atoms. The van der Waals surface area contributed by atoms with Gasteiger partial charge in [-0.25, -0.2) is 5.14 Å². The number of carbonyl (C=O) groups excluding carboxylic acids is 1. The number of methoxy groups -OCH3 is 1. The molecule has 14 heavy (non-hydrogen) atoms. The molecule has 0 radical (unpaired) electrons. The lowest BCUT2D eigenvalue weighted by Crippen LogP contribution is -2.48. The van der Waals surface area contributed by atoms with E-state index < -0.39 is 22.2 Å². The molecule has 0 aliphatic rings. The average Bonchev–Trinajstić information content (AvgIpc) is 2.10. The highest BCUT2D eigenvalue weighted by molar-refractivity contribution is 7.87. The summed E-state index contributed by atoms with van der Waals surface area (Å²) >= 11 is 0. The Morgan fingerprint density at radius 1 is 1.57 bits per heavy atom. The third-order valence-corrected chi connectivity index (χ3v) is 2.54. The number of esters is 1. The van der Waals surface area contributed by atoms with Gasteiger partial charge in [0, 0.05) is 0 Å². The first-order valence-corrected chi connectivity index (χ1v) is 5.74. The van der Waals surface area contributed by atoms with Gasteiger partial charge in [-0.1, -0.05) is 20.3 Å². The summed E-state index contributed by atoms with van der Waals surface area (Å²) in [5.41, 5.74) is 0. The number of nitrogens with one attached hydrogen (secondary N) is 1. The fourth-order valence-electron chi connectivity index (χ4n) is 0.936. The van der Waals surface area contributed by atoms with E-state index in [0.29, 0.717) is 6.42 Å². The van der Waals surface area contributed by atoms with Crippen LogP contribution in [0, 0.1) is 5.92 Å². The molecule has 0 saturated heterocycles. The van der Waals surface area contributed by atoms with Crippen LogP contribution in [-0.2, 0) is 19.7 Å². The van der Waals surface area contributed by atoms with Gasteiger partial charge in [0.2, 0.25) is 0 Å². The van der Waals surface area contributed by atoms with Gasteiger partial charge < -0.3 is 4.74 Å². The van der Waals surface area contributed by atoms with E-state index in [9.17, 15) is 13.2 Å². The zero-order valence-corrected chi connectivity index (χ0v) is 9.30. The number of hydrogen-bond acceptors (Lipinski definition) is 4. The maximum absolute atomic E-state index is 11.2. The fraction of sp³-hybridized carbons (Fsp3) is 0.857. The molecule has 3 N–H and O–H groups in total. The molecule has 0 saturated carbocycles. The van der Waals surface area contributed by atoms with E-state index in [1.807, 2.05) is 11.6 Å². The van der Waals surface area contributed by atoms with E-state index in [2.05, 4.69) is 4.74 Å². The molecule has 7 heteroatoms. The van der Waals surface area contributed by atoms with Gasteiger partial charge in [0.25, 0.3) is 10.2 Å². The summed E-state index contributed by atoms with van der Waals surface area (Å²) in [5.74, 6) is -0.797. The summed E-state index contributed by atoms with van der Waals surface area (Å²) in [5, 5.41) is 4.77. The first-order valence-electron chi connectivity index (χ1n) is 4.19. The minimum absolute atomic E-state index is 0.166. The van der Waals surface area contributed by atoms with Crippen LogP contribution in [0.25, 0.3) is 0 Å². The second kappa shape index (κ2) is 5.28. The van der Waals surface area contributed by atoms with E-state index in [1.54, 1.807) is 6.92 Å². The predicted octanol–water partition coefficient (Wildman–Crippen LogP) is -0.633. The van der Waals surface area contributed by atoms with Gasteiger partial charge >= 0.3 is 5.97 Å². The Balaban J connectivity index is 4.65. The molecule has 0 aliphatic carbocycles. The first kappa shape index (κ1) is 13.3. The molecular weight excluding hydrogens is 208 g/mol. The van der Waals surface area contributed by atoms with Crippen molar-refractivity contribution < 1.29 is 17.9 Å². The average molecular weight is 224 g/mol. The molecule has 0 aliphatic heterocycles. The maximum atomic E-state index is 11.2. The van der Waals surface area contributed by atoms with Gasteiger partial charge in [0.05, 0.1) is 7.11 Å². The molecule has 0 amide bonds. The normalized spacial score (nSPS) is 16.0. The predicted molar refractivity (Wildman–Crippen MR) is 51.5 cm³/mol. The van der Waals surface area contributed by atoms with Gasteiger partial charge in [-0.2, -0.15) is 13.1 Å². The summed E-state index contributed by atoms with van der Waals surface area (Å²) in [6, 6.07) is -0.917. The second-order valence-electron chi connectivity index (χ2n) is 3.05. The quantitative estimate of drug-likeness (QED) is 0.607. The molecule has 0 fully saturated rings. The van der Waals surface area contributed by atoms with Crippen molar-refractivity contribution in [2.45, 2.75) is 26.3 Å².